The number of nitrogens with one attached hydrogen (secondary N) is 1. The summed E-state index contributed by atoms with van der Waals surface area (Å²) in [5, 5.41) is 14.9. The number of piperidine rings is 1. The Kier molecular flexibility index (Phi) is 6.71. The number of hydrogen-bond acceptors (Lipinski definition) is 7. The zero-order valence-corrected chi connectivity index (χ0v) is 17.1. The second-order valence-corrected chi connectivity index (χ2v) is 9.07. The van der Waals surface area contributed by atoms with Gasteiger partial charge in [0.15, 0.2) is 9.84 Å². The van der Waals surface area contributed by atoms with Crippen molar-refractivity contribution < 1.29 is 18.1 Å². The number of benzene rings is 2. The second kappa shape index (κ2) is 9.23. The largest absolute Gasteiger partial charge is 0.492 e. The Labute approximate surface area is 170 Å². The van der Waals surface area contributed by atoms with Crippen LogP contribution in [0.4, 0.5) is 11.4 Å². The highest BCUT2D eigenvalue weighted by molar-refractivity contribution is 7.90. The summed E-state index contributed by atoms with van der Waals surface area (Å²) in [4.78, 5) is 12.8. The van der Waals surface area contributed by atoms with E-state index in [1.165, 1.54) is 12.1 Å². The first kappa shape index (κ1) is 21.1. The maximum atomic E-state index is 11.7. The number of ether oxygens (including phenoxy) is 1. The fraction of sp³-hybridized carbons (Fsp3) is 0.400. The van der Waals surface area contributed by atoms with Crippen LogP contribution in [0.1, 0.15) is 12.8 Å². The van der Waals surface area contributed by atoms with E-state index in [2.05, 4.69) is 5.32 Å². The average molecular weight is 420 g/mol. The van der Waals surface area contributed by atoms with Crippen LogP contribution in [0.3, 0.4) is 0 Å². The second-order valence-electron chi connectivity index (χ2n) is 7.06. The predicted molar refractivity (Wildman–Crippen MR) is 111 cm³/mol. The van der Waals surface area contributed by atoms with E-state index in [0.717, 1.165) is 37.5 Å². The van der Waals surface area contributed by atoms with Gasteiger partial charge in [0.2, 0.25) is 0 Å². The smallest absolute Gasteiger partial charge is 0.293 e. The van der Waals surface area contributed by atoms with Crippen LogP contribution in [0.15, 0.2) is 53.4 Å². The molecule has 1 N–H and O–H groups in total. The van der Waals surface area contributed by atoms with E-state index in [1.54, 1.807) is 0 Å². The Morgan fingerprint density at radius 3 is 2.48 bits per heavy atom. The lowest BCUT2D eigenvalue weighted by atomic mass is 10.0. The van der Waals surface area contributed by atoms with Gasteiger partial charge in [0.05, 0.1) is 9.82 Å². The van der Waals surface area contributed by atoms with E-state index in [-0.39, 0.29) is 10.6 Å². The van der Waals surface area contributed by atoms with Crippen molar-refractivity contribution in [2.45, 2.75) is 23.8 Å². The summed E-state index contributed by atoms with van der Waals surface area (Å²) < 4.78 is 29.1. The molecule has 1 aliphatic rings. The quantitative estimate of drug-likeness (QED) is 0.399. The number of nitro benzene ring substituents is 1. The minimum Gasteiger partial charge on any atom is -0.492 e. The highest BCUT2D eigenvalue weighted by atomic mass is 32.2. The minimum atomic E-state index is -3.49. The van der Waals surface area contributed by atoms with Crippen LogP contribution < -0.4 is 15.0 Å². The number of rotatable bonds is 8. The molecule has 0 atom stereocenters. The molecule has 8 nitrogen and oxygen atoms in total. The Bertz CT molecular complexity index is 942. The number of sulfone groups is 1. The van der Waals surface area contributed by atoms with Crippen LogP contribution in [0.2, 0.25) is 0 Å². The lowest BCUT2D eigenvalue weighted by Gasteiger charge is -2.33. The molecule has 0 spiro atoms. The summed E-state index contributed by atoms with van der Waals surface area (Å²) in [6, 6.07) is 14.1. The summed E-state index contributed by atoms with van der Waals surface area (Å²) in [6.07, 6.45) is 2.73. The number of hydrogen-bond donors (Lipinski definition) is 1. The Morgan fingerprint density at radius 1 is 1.17 bits per heavy atom. The molecule has 29 heavy (non-hydrogen) atoms. The van der Waals surface area contributed by atoms with Crippen molar-refractivity contribution >= 4 is 21.2 Å². The molecule has 0 unspecified atom stereocenters. The highest BCUT2D eigenvalue weighted by Crippen LogP contribution is 2.32. The molecule has 1 heterocycles. The molecule has 0 aromatic heterocycles. The number of anilines is 1. The van der Waals surface area contributed by atoms with Gasteiger partial charge >= 0.3 is 0 Å². The van der Waals surface area contributed by atoms with Crippen molar-refractivity contribution in [1.29, 1.82) is 0 Å². The first-order valence-electron chi connectivity index (χ1n) is 9.49. The van der Waals surface area contributed by atoms with Crippen molar-refractivity contribution in [2.75, 3.05) is 37.4 Å². The number of nitrogens with zero attached hydrogens (tertiary/aromatic N) is 2. The Morgan fingerprint density at radius 2 is 1.86 bits per heavy atom. The zero-order chi connectivity index (χ0) is 20.9. The first-order chi connectivity index (χ1) is 13.8. The Hall–Kier alpha value is -2.65. The maximum absolute atomic E-state index is 11.7. The van der Waals surface area contributed by atoms with Gasteiger partial charge < -0.3 is 15.0 Å². The summed E-state index contributed by atoms with van der Waals surface area (Å²) in [7, 11) is -3.49. The van der Waals surface area contributed by atoms with Gasteiger partial charge in [0.25, 0.3) is 5.69 Å². The zero-order valence-electron chi connectivity index (χ0n) is 16.3. The molecular formula is C20H25N3O5S. The van der Waals surface area contributed by atoms with Gasteiger partial charge in [-0.25, -0.2) is 8.42 Å². The molecule has 0 amide bonds. The molecule has 1 saturated heterocycles. The topological polar surface area (TPSA) is 102 Å². The summed E-state index contributed by atoms with van der Waals surface area (Å²) in [6.45, 7) is 2.62. The number of para-hydroxylation sites is 1. The number of nitro groups is 1. The van der Waals surface area contributed by atoms with E-state index in [1.807, 2.05) is 35.2 Å². The average Bonchev–Trinajstić information content (AvgIpc) is 2.71. The minimum absolute atomic E-state index is 0.0390. The van der Waals surface area contributed by atoms with Crippen LogP contribution in [-0.4, -0.2) is 51.9 Å². The van der Waals surface area contributed by atoms with Crippen LogP contribution in [0.25, 0.3) is 0 Å². The molecule has 3 rings (SSSR count). The van der Waals surface area contributed by atoms with Crippen molar-refractivity contribution in [3.63, 3.8) is 0 Å². The molecule has 2 aromatic carbocycles. The first-order valence-corrected chi connectivity index (χ1v) is 11.4. The molecule has 0 saturated carbocycles. The molecule has 1 aliphatic heterocycles. The standard InChI is InChI=1S/C20H25N3O5S/c1-29(26,27)18-7-8-19(20(15-18)23(24)25)22-12-9-16(10-13-22)21-11-14-28-17-5-3-2-4-6-17/h2-8,15-16,21H,9-14H2,1H3. The van der Waals surface area contributed by atoms with Crippen molar-refractivity contribution in [2.24, 2.45) is 0 Å². The highest BCUT2D eigenvalue weighted by Gasteiger charge is 2.26. The third-order valence-electron chi connectivity index (χ3n) is 4.95. The summed E-state index contributed by atoms with van der Waals surface area (Å²) >= 11 is 0. The van der Waals surface area contributed by atoms with Crippen molar-refractivity contribution in [1.82, 2.24) is 5.32 Å². The van der Waals surface area contributed by atoms with E-state index < -0.39 is 14.8 Å². The van der Waals surface area contributed by atoms with Gasteiger partial charge in [-0.2, -0.15) is 0 Å². The van der Waals surface area contributed by atoms with E-state index in [0.29, 0.717) is 31.4 Å². The van der Waals surface area contributed by atoms with Crippen LogP contribution >= 0.6 is 0 Å². The fourth-order valence-corrected chi connectivity index (χ4v) is 4.06. The molecule has 9 heteroatoms. The van der Waals surface area contributed by atoms with E-state index >= 15 is 0 Å². The summed E-state index contributed by atoms with van der Waals surface area (Å²) in [5.41, 5.74) is 0.295. The molecule has 0 radical (unpaired) electrons. The van der Waals surface area contributed by atoms with E-state index in [4.69, 9.17) is 4.74 Å². The van der Waals surface area contributed by atoms with Crippen LogP contribution in [0, 0.1) is 10.1 Å². The normalized spacial score (nSPS) is 15.3. The van der Waals surface area contributed by atoms with Gasteiger partial charge in [0.1, 0.15) is 18.0 Å². The molecule has 156 valence electrons. The van der Waals surface area contributed by atoms with Crippen molar-refractivity contribution in [3.8, 4) is 5.75 Å². The van der Waals surface area contributed by atoms with Gasteiger partial charge in [-0.15, -0.1) is 0 Å². The molecule has 0 bridgehead atoms. The molecule has 2 aromatic rings. The third kappa shape index (κ3) is 5.68. The van der Waals surface area contributed by atoms with Gasteiger partial charge in [0, 0.05) is 38.0 Å². The lowest BCUT2D eigenvalue weighted by Crippen LogP contribution is -2.43. The van der Waals surface area contributed by atoms with Gasteiger partial charge in [-0.3, -0.25) is 10.1 Å². The fourth-order valence-electron chi connectivity index (χ4n) is 3.42. The lowest BCUT2D eigenvalue weighted by molar-refractivity contribution is -0.384. The van der Waals surface area contributed by atoms with Gasteiger partial charge in [-0.1, -0.05) is 18.2 Å². The van der Waals surface area contributed by atoms with Gasteiger partial charge in [-0.05, 0) is 37.1 Å². The SMILES string of the molecule is CS(=O)(=O)c1ccc(N2CCC(NCCOc3ccccc3)CC2)c([N+](=O)[O-])c1. The third-order valence-corrected chi connectivity index (χ3v) is 6.06. The Balaban J connectivity index is 1.53. The molecular weight excluding hydrogens is 394 g/mol. The van der Waals surface area contributed by atoms with Crippen LogP contribution in [-0.2, 0) is 9.84 Å². The summed E-state index contributed by atoms with van der Waals surface area (Å²) in [5.74, 6) is 0.842. The predicted octanol–water partition coefficient (Wildman–Crippen LogP) is 2.64. The monoisotopic (exact) mass is 419 g/mol. The van der Waals surface area contributed by atoms with Crippen LogP contribution in [0.5, 0.6) is 5.75 Å². The maximum Gasteiger partial charge on any atom is 0.293 e. The van der Waals surface area contributed by atoms with Crippen molar-refractivity contribution in [3.05, 3.63) is 58.6 Å². The molecule has 0 aliphatic carbocycles. The molecule has 1 fully saturated rings. The van der Waals surface area contributed by atoms with E-state index in [9.17, 15) is 18.5 Å².